The molecular formula is C42H84O4. The predicted octanol–water partition coefficient (Wildman–Crippen LogP) is 14.0. The van der Waals surface area contributed by atoms with E-state index in [1.807, 2.05) is 0 Å². The second-order valence-electron chi connectivity index (χ2n) is 14.9. The average Bonchev–Trinajstić information content (AvgIpc) is 3.02. The van der Waals surface area contributed by atoms with Crippen LogP contribution < -0.4 is 0 Å². The molecule has 1 atom stereocenters. The minimum absolute atomic E-state index is 0.00303. The van der Waals surface area contributed by atoms with Gasteiger partial charge in [0.1, 0.15) is 0 Å². The zero-order valence-corrected chi connectivity index (χ0v) is 32.6. The molecule has 0 aromatic rings. The van der Waals surface area contributed by atoms with E-state index in [-0.39, 0.29) is 11.9 Å². The monoisotopic (exact) mass is 653 g/mol. The maximum absolute atomic E-state index is 11.8. The van der Waals surface area contributed by atoms with E-state index in [1.165, 1.54) is 135 Å². The molecule has 0 bridgehead atoms. The predicted molar refractivity (Wildman–Crippen MR) is 201 cm³/mol. The van der Waals surface area contributed by atoms with Crippen LogP contribution >= 0.6 is 0 Å². The van der Waals surface area contributed by atoms with Gasteiger partial charge < -0.3 is 9.47 Å². The zero-order chi connectivity index (χ0) is 34.5. The first-order chi connectivity index (χ1) is 22.3. The smallest absolute Gasteiger partial charge is 0.305 e. The molecule has 0 saturated heterocycles. The number of rotatable bonds is 33. The van der Waals surface area contributed by atoms with Gasteiger partial charge in [-0.05, 0) is 43.4 Å². The topological polar surface area (TPSA) is 52.6 Å². The maximum Gasteiger partial charge on any atom is 0.305 e. The van der Waals surface area contributed by atoms with Crippen LogP contribution in [0.3, 0.4) is 0 Å². The minimum Gasteiger partial charge on any atom is -0.466 e. The van der Waals surface area contributed by atoms with Crippen LogP contribution in [-0.2, 0) is 19.1 Å². The third-order valence-electron chi connectivity index (χ3n) is 9.11. The summed E-state index contributed by atoms with van der Waals surface area (Å²) in [5.74, 6) is 2.16. The quantitative estimate of drug-likeness (QED) is 0.0523. The Bertz CT molecular complexity index is 615. The van der Waals surface area contributed by atoms with Crippen LogP contribution in [0.2, 0.25) is 0 Å². The molecule has 0 saturated carbocycles. The molecule has 4 heteroatoms. The lowest BCUT2D eigenvalue weighted by Gasteiger charge is -2.14. The highest BCUT2D eigenvalue weighted by Gasteiger charge is 2.10. The van der Waals surface area contributed by atoms with Gasteiger partial charge in [-0.1, -0.05) is 190 Å². The van der Waals surface area contributed by atoms with Crippen LogP contribution in [-0.4, -0.2) is 25.2 Å². The number of hydrogen-bond acceptors (Lipinski definition) is 4. The van der Waals surface area contributed by atoms with Gasteiger partial charge in [0.25, 0.3) is 0 Å². The molecule has 0 aromatic carbocycles. The van der Waals surface area contributed by atoms with Crippen molar-refractivity contribution < 1.29 is 19.1 Å². The van der Waals surface area contributed by atoms with Crippen molar-refractivity contribution in [3.8, 4) is 0 Å². The summed E-state index contributed by atoms with van der Waals surface area (Å²) < 4.78 is 10.7. The molecule has 0 amide bonds. The SMILES string of the molecule is CC(C)CCCCCCOC(=O)CCCCCC(C)C.CCCCCCCCCCCCCCCC(=O)OCC(CC)CCCC. The zero-order valence-electron chi connectivity index (χ0n) is 32.6. The van der Waals surface area contributed by atoms with Crippen molar-refractivity contribution in [1.29, 1.82) is 0 Å². The molecule has 0 radical (unpaired) electrons. The second-order valence-corrected chi connectivity index (χ2v) is 14.9. The van der Waals surface area contributed by atoms with Crippen LogP contribution in [0.4, 0.5) is 0 Å². The lowest BCUT2D eigenvalue weighted by atomic mass is 10.0. The fourth-order valence-electron chi connectivity index (χ4n) is 5.73. The van der Waals surface area contributed by atoms with Crippen LogP contribution in [0.5, 0.6) is 0 Å². The standard InChI is InChI=1S/C24H48O2.C18H36O2/c1-4-7-9-10-11-12-13-14-15-16-17-18-19-21-24(25)26-22-23(6-3)20-8-5-2;1-16(2)12-8-5-6-11-15-20-18(19)14-10-7-9-13-17(3)4/h23H,4-22H2,1-3H3;16-17H,5-15H2,1-4H3. The van der Waals surface area contributed by atoms with E-state index < -0.39 is 0 Å². The third kappa shape index (κ3) is 41.0. The van der Waals surface area contributed by atoms with Crippen molar-refractivity contribution in [2.24, 2.45) is 17.8 Å². The number of carbonyl (C=O) groups excluding carboxylic acids is 2. The van der Waals surface area contributed by atoms with Crippen molar-refractivity contribution >= 4 is 11.9 Å². The first-order valence-electron chi connectivity index (χ1n) is 20.6. The van der Waals surface area contributed by atoms with Gasteiger partial charge in [0.05, 0.1) is 13.2 Å². The molecule has 0 aromatic heterocycles. The Labute approximate surface area is 289 Å². The summed E-state index contributed by atoms with van der Waals surface area (Å²) in [6.45, 7) is 17.0. The Morgan fingerprint density at radius 1 is 0.435 bits per heavy atom. The van der Waals surface area contributed by atoms with Crippen LogP contribution in [0.15, 0.2) is 0 Å². The summed E-state index contributed by atoms with van der Waals surface area (Å²) in [4.78, 5) is 23.3. The molecule has 0 aliphatic heterocycles. The Morgan fingerprint density at radius 2 is 0.826 bits per heavy atom. The lowest BCUT2D eigenvalue weighted by Crippen LogP contribution is -2.13. The molecule has 0 aliphatic carbocycles. The molecular weight excluding hydrogens is 568 g/mol. The lowest BCUT2D eigenvalue weighted by molar-refractivity contribution is -0.145. The number of carbonyl (C=O) groups is 2. The molecule has 0 heterocycles. The van der Waals surface area contributed by atoms with Crippen LogP contribution in [0, 0.1) is 17.8 Å². The summed E-state index contributed by atoms with van der Waals surface area (Å²) in [6, 6.07) is 0. The normalized spacial score (nSPS) is 11.8. The third-order valence-corrected chi connectivity index (χ3v) is 9.11. The summed E-state index contributed by atoms with van der Waals surface area (Å²) >= 11 is 0. The summed E-state index contributed by atoms with van der Waals surface area (Å²) in [7, 11) is 0. The average molecular weight is 653 g/mol. The highest BCUT2D eigenvalue weighted by molar-refractivity contribution is 5.69. The van der Waals surface area contributed by atoms with Crippen LogP contribution in [0.1, 0.15) is 228 Å². The fraction of sp³-hybridized carbons (Fsp3) is 0.952. The van der Waals surface area contributed by atoms with Crippen molar-refractivity contribution in [3.05, 3.63) is 0 Å². The van der Waals surface area contributed by atoms with Crippen molar-refractivity contribution in [3.63, 3.8) is 0 Å². The number of hydrogen-bond donors (Lipinski definition) is 0. The van der Waals surface area contributed by atoms with Gasteiger partial charge in [-0.2, -0.15) is 0 Å². The van der Waals surface area contributed by atoms with Crippen LogP contribution in [0.25, 0.3) is 0 Å². The number of ether oxygens (including phenoxy) is 2. The minimum atomic E-state index is -0.00303. The van der Waals surface area contributed by atoms with Gasteiger partial charge in [-0.3, -0.25) is 9.59 Å². The molecule has 46 heavy (non-hydrogen) atoms. The van der Waals surface area contributed by atoms with Gasteiger partial charge in [-0.15, -0.1) is 0 Å². The van der Waals surface area contributed by atoms with E-state index >= 15 is 0 Å². The van der Waals surface area contributed by atoms with Crippen molar-refractivity contribution in [2.45, 2.75) is 228 Å². The van der Waals surface area contributed by atoms with E-state index in [1.54, 1.807) is 0 Å². The van der Waals surface area contributed by atoms with Gasteiger partial charge in [-0.25, -0.2) is 0 Å². The van der Waals surface area contributed by atoms with Gasteiger partial charge >= 0.3 is 11.9 Å². The van der Waals surface area contributed by atoms with Gasteiger partial charge in [0.2, 0.25) is 0 Å². The van der Waals surface area contributed by atoms with E-state index in [4.69, 9.17) is 9.47 Å². The Morgan fingerprint density at radius 3 is 1.28 bits per heavy atom. The second kappa shape index (κ2) is 38.4. The molecule has 276 valence electrons. The van der Waals surface area contributed by atoms with Gasteiger partial charge in [0, 0.05) is 12.8 Å². The molecule has 0 aliphatic rings. The molecule has 0 N–H and O–H groups in total. The maximum atomic E-state index is 11.8. The van der Waals surface area contributed by atoms with E-state index in [0.29, 0.717) is 32.0 Å². The van der Waals surface area contributed by atoms with E-state index in [2.05, 4.69) is 48.5 Å². The summed E-state index contributed by atoms with van der Waals surface area (Å²) in [5, 5.41) is 0. The summed E-state index contributed by atoms with van der Waals surface area (Å²) in [6.07, 6.45) is 34.2. The Hall–Kier alpha value is -1.06. The molecule has 1 unspecified atom stereocenters. The molecule has 4 nitrogen and oxygen atoms in total. The van der Waals surface area contributed by atoms with Crippen molar-refractivity contribution in [1.82, 2.24) is 0 Å². The van der Waals surface area contributed by atoms with Gasteiger partial charge in [0.15, 0.2) is 0 Å². The first-order valence-corrected chi connectivity index (χ1v) is 20.6. The van der Waals surface area contributed by atoms with E-state index in [0.717, 1.165) is 43.9 Å². The van der Waals surface area contributed by atoms with E-state index in [9.17, 15) is 9.59 Å². The highest BCUT2D eigenvalue weighted by Crippen LogP contribution is 2.16. The summed E-state index contributed by atoms with van der Waals surface area (Å²) in [5.41, 5.74) is 0. The largest absolute Gasteiger partial charge is 0.466 e. The Kier molecular flexibility index (Phi) is 39.3. The Balaban J connectivity index is 0. The highest BCUT2D eigenvalue weighted by atomic mass is 16.5. The molecule has 0 fully saturated rings. The van der Waals surface area contributed by atoms with Crippen molar-refractivity contribution in [2.75, 3.05) is 13.2 Å². The number of unbranched alkanes of at least 4 members (excludes halogenated alkanes) is 18. The fourth-order valence-corrected chi connectivity index (χ4v) is 5.73. The molecule has 0 rings (SSSR count). The first kappa shape index (κ1) is 47.1. The molecule has 0 spiro atoms. The number of esters is 2.